The average molecular weight is 264 g/mol. The first-order chi connectivity index (χ1) is 9.09. The van der Waals surface area contributed by atoms with Crippen molar-refractivity contribution in [2.75, 3.05) is 19.9 Å². The maximum absolute atomic E-state index is 6.49. The molecule has 1 aromatic carbocycles. The van der Waals surface area contributed by atoms with Gasteiger partial charge in [-0.2, -0.15) is 0 Å². The summed E-state index contributed by atoms with van der Waals surface area (Å²) >= 11 is 0. The smallest absolute Gasteiger partial charge is 0.231 e. The third-order valence-corrected chi connectivity index (χ3v) is 4.40. The Labute approximate surface area is 112 Å². The first kappa shape index (κ1) is 12.7. The lowest BCUT2D eigenvalue weighted by Crippen LogP contribution is -2.64. The van der Waals surface area contributed by atoms with Crippen LogP contribution in [0, 0.1) is 0 Å². The first-order valence-electron chi connectivity index (χ1n) is 6.62. The van der Waals surface area contributed by atoms with Crippen LogP contribution in [0.2, 0.25) is 0 Å². The molecule has 2 unspecified atom stereocenters. The van der Waals surface area contributed by atoms with E-state index in [1.807, 2.05) is 25.1 Å². The van der Waals surface area contributed by atoms with Crippen molar-refractivity contribution in [1.82, 2.24) is 0 Å². The van der Waals surface area contributed by atoms with Gasteiger partial charge in [0.05, 0.1) is 5.54 Å². The van der Waals surface area contributed by atoms with Crippen LogP contribution in [0.3, 0.4) is 0 Å². The molecule has 0 radical (unpaired) electrons. The molecule has 19 heavy (non-hydrogen) atoms. The van der Waals surface area contributed by atoms with Crippen LogP contribution in [0.5, 0.6) is 11.5 Å². The molecule has 1 fully saturated rings. The zero-order valence-electron chi connectivity index (χ0n) is 11.1. The van der Waals surface area contributed by atoms with E-state index in [2.05, 4.69) is 0 Å². The van der Waals surface area contributed by atoms with Gasteiger partial charge in [0.15, 0.2) is 11.5 Å². The lowest BCUT2D eigenvalue weighted by atomic mass is 9.72. The Morgan fingerprint density at radius 3 is 2.84 bits per heavy atom. The minimum atomic E-state index is -0.596. The fourth-order valence-electron chi connectivity index (χ4n) is 2.91. The molecule has 2 atom stereocenters. The van der Waals surface area contributed by atoms with Crippen molar-refractivity contribution in [2.45, 2.75) is 30.9 Å². The highest BCUT2D eigenvalue weighted by Gasteiger charge is 2.49. The highest BCUT2D eigenvalue weighted by atomic mass is 16.7. The molecule has 0 aliphatic carbocycles. The largest absolute Gasteiger partial charge is 0.454 e. The Morgan fingerprint density at radius 1 is 1.26 bits per heavy atom. The molecule has 2 heterocycles. The van der Waals surface area contributed by atoms with E-state index in [1.165, 1.54) is 0 Å². The molecule has 0 bridgehead atoms. The minimum Gasteiger partial charge on any atom is -0.454 e. The molecule has 0 amide bonds. The van der Waals surface area contributed by atoms with Crippen LogP contribution >= 0.6 is 0 Å². The summed E-state index contributed by atoms with van der Waals surface area (Å²) in [5, 5.41) is 0. The number of fused-ring (bicyclic) bond motifs is 1. The summed E-state index contributed by atoms with van der Waals surface area (Å²) in [5.74, 6) is 1.51. The first-order valence-corrected chi connectivity index (χ1v) is 6.62. The van der Waals surface area contributed by atoms with Crippen molar-refractivity contribution in [3.8, 4) is 11.5 Å². The van der Waals surface area contributed by atoms with Gasteiger partial charge in [0.2, 0.25) is 6.79 Å². The Hall–Kier alpha value is -1.30. The highest BCUT2D eigenvalue weighted by Crippen LogP contribution is 2.44. The van der Waals surface area contributed by atoms with Gasteiger partial charge in [0, 0.05) is 13.2 Å². The fourth-order valence-corrected chi connectivity index (χ4v) is 2.91. The summed E-state index contributed by atoms with van der Waals surface area (Å²) in [6.45, 7) is 3.36. The second-order valence-corrected chi connectivity index (χ2v) is 5.41. The number of hydrogen-bond acceptors (Lipinski definition) is 5. The minimum absolute atomic E-state index is 0.265. The second kappa shape index (κ2) is 4.37. The molecule has 2 aliphatic heterocycles. The van der Waals surface area contributed by atoms with Crippen molar-refractivity contribution >= 4 is 0 Å². The zero-order valence-corrected chi connectivity index (χ0v) is 11.1. The third-order valence-electron chi connectivity index (χ3n) is 4.40. The topological polar surface area (TPSA) is 79.7 Å². The van der Waals surface area contributed by atoms with Gasteiger partial charge in [0.25, 0.3) is 0 Å². The zero-order chi connectivity index (χ0) is 13.5. The van der Waals surface area contributed by atoms with Crippen molar-refractivity contribution in [3.63, 3.8) is 0 Å². The maximum Gasteiger partial charge on any atom is 0.231 e. The van der Waals surface area contributed by atoms with Crippen LogP contribution in [-0.2, 0) is 10.3 Å². The van der Waals surface area contributed by atoms with Crippen molar-refractivity contribution in [2.24, 2.45) is 11.5 Å². The van der Waals surface area contributed by atoms with Gasteiger partial charge in [0.1, 0.15) is 5.60 Å². The number of nitrogens with two attached hydrogens (primary N) is 2. The molecule has 0 aromatic heterocycles. The van der Waals surface area contributed by atoms with Gasteiger partial charge >= 0.3 is 0 Å². The van der Waals surface area contributed by atoms with E-state index in [4.69, 9.17) is 25.7 Å². The van der Waals surface area contributed by atoms with Gasteiger partial charge in [-0.15, -0.1) is 0 Å². The predicted molar refractivity (Wildman–Crippen MR) is 71.1 cm³/mol. The standard InChI is InChI=1S/C14H20N2O3/c1-13(14(16,8-15)5-2-6-19-13)10-3-4-11-12(7-10)18-9-17-11/h3-4,7H,2,5-6,8-9,15-16H2,1H3. The molecule has 104 valence electrons. The monoisotopic (exact) mass is 264 g/mol. The normalized spacial score (nSPS) is 33.4. The molecule has 5 nitrogen and oxygen atoms in total. The van der Waals surface area contributed by atoms with Crippen molar-refractivity contribution in [3.05, 3.63) is 23.8 Å². The molecule has 0 saturated carbocycles. The van der Waals surface area contributed by atoms with Crippen LogP contribution in [0.4, 0.5) is 0 Å². The van der Waals surface area contributed by atoms with E-state index in [0.717, 1.165) is 29.9 Å². The number of rotatable bonds is 2. The van der Waals surface area contributed by atoms with Gasteiger partial charge in [-0.1, -0.05) is 6.07 Å². The average Bonchev–Trinajstić information content (AvgIpc) is 2.89. The summed E-state index contributed by atoms with van der Waals surface area (Å²) in [7, 11) is 0. The van der Waals surface area contributed by atoms with Crippen LogP contribution in [-0.4, -0.2) is 25.5 Å². The summed E-state index contributed by atoms with van der Waals surface area (Å²) in [6.07, 6.45) is 1.79. The van der Waals surface area contributed by atoms with Crippen LogP contribution in [0.1, 0.15) is 25.3 Å². The van der Waals surface area contributed by atoms with Gasteiger partial charge < -0.3 is 25.7 Å². The Morgan fingerprint density at radius 2 is 2.05 bits per heavy atom. The molecular weight excluding hydrogens is 244 g/mol. The number of hydrogen-bond donors (Lipinski definition) is 2. The quantitative estimate of drug-likeness (QED) is 0.836. The number of benzene rings is 1. The molecule has 0 spiro atoms. The van der Waals surface area contributed by atoms with Gasteiger partial charge in [-0.25, -0.2) is 0 Å². The second-order valence-electron chi connectivity index (χ2n) is 5.41. The van der Waals surface area contributed by atoms with E-state index >= 15 is 0 Å². The predicted octanol–water partition coefficient (Wildman–Crippen LogP) is 1.10. The SMILES string of the molecule is CC1(c2ccc3c(c2)OCO3)OCCCC1(N)CN. The lowest BCUT2D eigenvalue weighted by Gasteiger charge is -2.49. The Balaban J connectivity index is 2.03. The molecule has 4 N–H and O–H groups in total. The fraction of sp³-hybridized carbons (Fsp3) is 0.571. The van der Waals surface area contributed by atoms with E-state index in [1.54, 1.807) is 0 Å². The van der Waals surface area contributed by atoms with Crippen LogP contribution < -0.4 is 20.9 Å². The van der Waals surface area contributed by atoms with E-state index < -0.39 is 11.1 Å². The molecule has 1 saturated heterocycles. The third kappa shape index (κ3) is 1.81. The van der Waals surface area contributed by atoms with Crippen molar-refractivity contribution in [1.29, 1.82) is 0 Å². The summed E-state index contributed by atoms with van der Waals surface area (Å²) in [6, 6.07) is 5.83. The maximum atomic E-state index is 6.49. The molecule has 2 aliphatic rings. The summed E-state index contributed by atoms with van der Waals surface area (Å²) in [4.78, 5) is 0. The lowest BCUT2D eigenvalue weighted by molar-refractivity contribution is -0.123. The molecule has 1 aromatic rings. The summed E-state index contributed by atoms with van der Waals surface area (Å²) in [5.41, 5.74) is 12.2. The molecular formula is C14H20N2O3. The van der Waals surface area contributed by atoms with E-state index in [0.29, 0.717) is 13.2 Å². The van der Waals surface area contributed by atoms with Gasteiger partial charge in [-0.3, -0.25) is 0 Å². The van der Waals surface area contributed by atoms with E-state index in [-0.39, 0.29) is 6.79 Å². The van der Waals surface area contributed by atoms with Crippen LogP contribution in [0.15, 0.2) is 18.2 Å². The molecule has 5 heteroatoms. The Kier molecular flexibility index (Phi) is 2.92. The molecule has 3 rings (SSSR count). The Bertz CT molecular complexity index is 494. The summed E-state index contributed by atoms with van der Waals surface area (Å²) < 4.78 is 16.8. The highest BCUT2D eigenvalue weighted by molar-refractivity contribution is 5.47. The van der Waals surface area contributed by atoms with Crippen LogP contribution in [0.25, 0.3) is 0 Å². The van der Waals surface area contributed by atoms with E-state index in [9.17, 15) is 0 Å². The van der Waals surface area contributed by atoms with Gasteiger partial charge in [-0.05, 0) is 37.5 Å². The number of ether oxygens (including phenoxy) is 3. The van der Waals surface area contributed by atoms with Crippen molar-refractivity contribution < 1.29 is 14.2 Å².